The summed E-state index contributed by atoms with van der Waals surface area (Å²) in [5, 5.41) is 5.95. The maximum absolute atomic E-state index is 12.8. The topological polar surface area (TPSA) is 61.4 Å². The van der Waals surface area contributed by atoms with Gasteiger partial charge in [0.05, 0.1) is 11.1 Å². The first-order valence-corrected chi connectivity index (χ1v) is 9.90. The minimum absolute atomic E-state index is 0.00950. The van der Waals surface area contributed by atoms with Crippen molar-refractivity contribution in [3.05, 3.63) is 64.6 Å². The number of halogens is 1. The van der Waals surface area contributed by atoms with Crippen LogP contribution < -0.4 is 10.6 Å². The minimum atomic E-state index is -0.585. The van der Waals surface area contributed by atoms with E-state index < -0.39 is 5.41 Å². The smallest absolute Gasteiger partial charge is 0.321 e. The number of likely N-dealkylation sites (tertiary alicyclic amines) is 1. The summed E-state index contributed by atoms with van der Waals surface area (Å²) in [6.45, 7) is 3.49. The number of benzene rings is 2. The molecule has 1 aliphatic heterocycles. The second-order valence-electron chi connectivity index (χ2n) is 7.16. The Hall–Kier alpha value is -2.34. The fourth-order valence-corrected chi connectivity index (χ4v) is 3.73. The number of carbonyl (C=O) groups excluding carboxylic acids is 2. The van der Waals surface area contributed by atoms with E-state index in [1.807, 2.05) is 61.5 Å². The van der Waals surface area contributed by atoms with E-state index in [2.05, 4.69) is 26.6 Å². The number of para-hydroxylation sites is 1. The lowest BCUT2D eigenvalue weighted by molar-refractivity contribution is -0.132. The number of anilines is 1. The lowest BCUT2D eigenvalue weighted by Gasteiger charge is -2.39. The number of urea groups is 1. The molecule has 0 radical (unpaired) electrons. The van der Waals surface area contributed by atoms with E-state index >= 15 is 0 Å². The van der Waals surface area contributed by atoms with E-state index in [0.717, 1.165) is 28.6 Å². The highest BCUT2D eigenvalue weighted by Gasteiger charge is 2.39. The Labute approximate surface area is 168 Å². The molecule has 0 aromatic heterocycles. The van der Waals surface area contributed by atoms with Crippen LogP contribution in [0.5, 0.6) is 0 Å². The zero-order valence-corrected chi connectivity index (χ0v) is 17.0. The van der Waals surface area contributed by atoms with Crippen molar-refractivity contribution in [1.29, 1.82) is 0 Å². The predicted octanol–water partition coefficient (Wildman–Crippen LogP) is 4.40. The number of nitrogens with zero attached hydrogens (tertiary/aromatic N) is 1. The molecule has 2 aromatic rings. The fraction of sp³-hybridized carbons (Fsp3) is 0.333. The number of piperidine rings is 1. The second-order valence-corrected chi connectivity index (χ2v) is 8.02. The van der Waals surface area contributed by atoms with Crippen molar-refractivity contribution in [3.8, 4) is 0 Å². The summed E-state index contributed by atoms with van der Waals surface area (Å²) in [4.78, 5) is 27.2. The average Bonchev–Trinajstić information content (AvgIpc) is 2.68. The molecule has 27 heavy (non-hydrogen) atoms. The molecule has 1 heterocycles. The number of rotatable bonds is 4. The highest BCUT2D eigenvalue weighted by atomic mass is 79.9. The van der Waals surface area contributed by atoms with Gasteiger partial charge in [-0.05, 0) is 53.4 Å². The summed E-state index contributed by atoms with van der Waals surface area (Å²) in [6.07, 6.45) is 1.57. The Kier molecular flexibility index (Phi) is 6.16. The zero-order valence-electron chi connectivity index (χ0n) is 15.4. The first-order chi connectivity index (χ1) is 13.0. The molecule has 3 amide bonds. The van der Waals surface area contributed by atoms with Crippen molar-refractivity contribution < 1.29 is 9.59 Å². The summed E-state index contributed by atoms with van der Waals surface area (Å²) in [5.41, 5.74) is 1.20. The van der Waals surface area contributed by atoms with Crippen LogP contribution in [0, 0.1) is 5.41 Å². The summed E-state index contributed by atoms with van der Waals surface area (Å²) in [5.74, 6) is -0.00950. The van der Waals surface area contributed by atoms with Crippen LogP contribution in [0.1, 0.15) is 25.3 Å². The maximum atomic E-state index is 12.8. The molecular weight excluding hydrogens is 406 g/mol. The van der Waals surface area contributed by atoms with E-state index in [0.29, 0.717) is 19.6 Å². The third-order valence-electron chi connectivity index (χ3n) is 4.94. The van der Waals surface area contributed by atoms with Gasteiger partial charge in [-0.25, -0.2) is 4.79 Å². The molecule has 6 heteroatoms. The third-order valence-corrected chi connectivity index (χ3v) is 5.63. The largest absolute Gasteiger partial charge is 0.351 e. The van der Waals surface area contributed by atoms with E-state index in [9.17, 15) is 9.59 Å². The third kappa shape index (κ3) is 4.89. The van der Waals surface area contributed by atoms with Gasteiger partial charge in [-0.1, -0.05) is 42.5 Å². The summed E-state index contributed by atoms with van der Waals surface area (Å²) < 4.78 is 0.832. The van der Waals surface area contributed by atoms with Crippen LogP contribution in [0.2, 0.25) is 0 Å². The van der Waals surface area contributed by atoms with Crippen molar-refractivity contribution in [2.75, 3.05) is 18.4 Å². The van der Waals surface area contributed by atoms with Gasteiger partial charge in [0.25, 0.3) is 0 Å². The highest BCUT2D eigenvalue weighted by molar-refractivity contribution is 9.10. The molecule has 1 fully saturated rings. The Bertz CT molecular complexity index is 812. The van der Waals surface area contributed by atoms with Crippen LogP contribution in [-0.2, 0) is 11.3 Å². The fourth-order valence-electron chi connectivity index (χ4n) is 3.35. The number of carbonyl (C=O) groups is 2. The Morgan fingerprint density at radius 2 is 1.81 bits per heavy atom. The lowest BCUT2D eigenvalue weighted by atomic mass is 9.81. The normalized spacial score (nSPS) is 19.4. The monoisotopic (exact) mass is 429 g/mol. The van der Waals surface area contributed by atoms with Gasteiger partial charge in [-0.15, -0.1) is 0 Å². The SMILES string of the molecule is C[C@@]1(C(=O)NCc2ccccc2)CCCN(C(=O)Nc2ccccc2Br)C1. The van der Waals surface area contributed by atoms with Crippen LogP contribution in [-0.4, -0.2) is 29.9 Å². The Morgan fingerprint density at radius 1 is 1.11 bits per heavy atom. The van der Waals surface area contributed by atoms with Gasteiger partial charge in [0.15, 0.2) is 0 Å². The molecule has 1 aliphatic rings. The van der Waals surface area contributed by atoms with E-state index in [4.69, 9.17) is 0 Å². The standard InChI is InChI=1S/C21H24BrN3O2/c1-21(19(26)23-14-16-8-3-2-4-9-16)12-7-13-25(15-21)20(27)24-18-11-6-5-10-17(18)22/h2-6,8-11H,7,12-15H2,1H3,(H,23,26)(H,24,27)/t21-/m1/s1. The first kappa shape index (κ1) is 19.4. The van der Waals surface area contributed by atoms with Crippen LogP contribution in [0.3, 0.4) is 0 Å². The van der Waals surface area contributed by atoms with E-state index in [1.165, 1.54) is 0 Å². The van der Waals surface area contributed by atoms with Gasteiger partial charge in [0.1, 0.15) is 0 Å². The molecule has 1 atom stereocenters. The molecule has 2 aromatic carbocycles. The van der Waals surface area contributed by atoms with Gasteiger partial charge >= 0.3 is 6.03 Å². The number of amides is 3. The second kappa shape index (κ2) is 8.57. The lowest BCUT2D eigenvalue weighted by Crippen LogP contribution is -2.52. The van der Waals surface area contributed by atoms with Gasteiger partial charge in [0.2, 0.25) is 5.91 Å². The molecule has 1 saturated heterocycles. The van der Waals surface area contributed by atoms with Gasteiger partial charge in [-0.2, -0.15) is 0 Å². The van der Waals surface area contributed by atoms with Crippen LogP contribution in [0.25, 0.3) is 0 Å². The summed E-state index contributed by atoms with van der Waals surface area (Å²) >= 11 is 3.44. The molecule has 0 spiro atoms. The van der Waals surface area contributed by atoms with Crippen LogP contribution in [0.4, 0.5) is 10.5 Å². The van der Waals surface area contributed by atoms with Gasteiger partial charge < -0.3 is 15.5 Å². The quantitative estimate of drug-likeness (QED) is 0.756. The molecule has 3 rings (SSSR count). The molecule has 142 valence electrons. The van der Waals surface area contributed by atoms with Gasteiger partial charge in [0, 0.05) is 24.1 Å². The highest BCUT2D eigenvalue weighted by Crippen LogP contribution is 2.31. The number of hydrogen-bond acceptors (Lipinski definition) is 2. The van der Waals surface area contributed by atoms with E-state index in [-0.39, 0.29) is 11.9 Å². The van der Waals surface area contributed by atoms with Crippen molar-refractivity contribution in [2.24, 2.45) is 5.41 Å². The van der Waals surface area contributed by atoms with Crippen molar-refractivity contribution >= 4 is 33.6 Å². The molecular formula is C21H24BrN3O2. The van der Waals surface area contributed by atoms with Gasteiger partial charge in [-0.3, -0.25) is 4.79 Å². The summed E-state index contributed by atoms with van der Waals surface area (Å²) in [6, 6.07) is 17.2. The van der Waals surface area contributed by atoms with E-state index in [1.54, 1.807) is 4.90 Å². The maximum Gasteiger partial charge on any atom is 0.321 e. The molecule has 2 N–H and O–H groups in total. The van der Waals surface area contributed by atoms with Crippen LogP contribution in [0.15, 0.2) is 59.1 Å². The Morgan fingerprint density at radius 3 is 2.56 bits per heavy atom. The predicted molar refractivity (Wildman–Crippen MR) is 110 cm³/mol. The molecule has 0 unspecified atom stereocenters. The molecule has 0 aliphatic carbocycles. The average molecular weight is 430 g/mol. The molecule has 0 bridgehead atoms. The minimum Gasteiger partial charge on any atom is -0.351 e. The van der Waals surface area contributed by atoms with Crippen molar-refractivity contribution in [3.63, 3.8) is 0 Å². The first-order valence-electron chi connectivity index (χ1n) is 9.11. The number of nitrogens with one attached hydrogen (secondary N) is 2. The van der Waals surface area contributed by atoms with Crippen LogP contribution >= 0.6 is 15.9 Å². The zero-order chi connectivity index (χ0) is 19.3. The van der Waals surface area contributed by atoms with Crippen molar-refractivity contribution in [1.82, 2.24) is 10.2 Å². The number of hydrogen-bond donors (Lipinski definition) is 2. The summed E-state index contributed by atoms with van der Waals surface area (Å²) in [7, 11) is 0. The molecule has 5 nitrogen and oxygen atoms in total. The Balaban J connectivity index is 1.60. The molecule has 0 saturated carbocycles. The van der Waals surface area contributed by atoms with Crippen molar-refractivity contribution in [2.45, 2.75) is 26.3 Å².